The van der Waals surface area contributed by atoms with Crippen molar-refractivity contribution < 1.29 is 4.79 Å². The number of carbonyl (C=O) groups is 1. The fourth-order valence-corrected chi connectivity index (χ4v) is 1.30. The fraction of sp³-hybridized carbons (Fsp3) is 0.364. The molecule has 7 heteroatoms. The summed E-state index contributed by atoms with van der Waals surface area (Å²) >= 11 is 4.81. The van der Waals surface area contributed by atoms with Crippen molar-refractivity contribution in [3.05, 3.63) is 24.0 Å². The molecule has 0 bridgehead atoms. The molecular weight excluding hydrogens is 250 g/mol. The standard InChI is InChI=1S/C11H17N5OS/c1-16(2)11(17)14-6-5-13-8-3-4-9(10(12)18)15-7-8/h3-4,7,13H,5-6H2,1-2H3,(H2,12,18)(H,14,17). The van der Waals surface area contributed by atoms with Crippen LogP contribution >= 0.6 is 12.2 Å². The van der Waals surface area contributed by atoms with Crippen molar-refractivity contribution >= 4 is 28.9 Å². The van der Waals surface area contributed by atoms with E-state index in [1.807, 2.05) is 6.07 Å². The minimum Gasteiger partial charge on any atom is -0.388 e. The van der Waals surface area contributed by atoms with Crippen LogP contribution in [0.2, 0.25) is 0 Å². The molecule has 0 radical (unpaired) electrons. The van der Waals surface area contributed by atoms with Crippen LogP contribution < -0.4 is 16.4 Å². The van der Waals surface area contributed by atoms with E-state index in [2.05, 4.69) is 15.6 Å². The number of urea groups is 1. The summed E-state index contributed by atoms with van der Waals surface area (Å²) in [6.07, 6.45) is 1.66. The number of thiocarbonyl (C=S) groups is 1. The number of amides is 2. The highest BCUT2D eigenvalue weighted by Gasteiger charge is 2.01. The highest BCUT2D eigenvalue weighted by Crippen LogP contribution is 2.05. The Balaban J connectivity index is 2.31. The SMILES string of the molecule is CN(C)C(=O)NCCNc1ccc(C(N)=S)nc1. The van der Waals surface area contributed by atoms with E-state index in [1.54, 1.807) is 26.4 Å². The first-order valence-corrected chi connectivity index (χ1v) is 5.86. The number of carbonyl (C=O) groups excluding carboxylic acids is 1. The highest BCUT2D eigenvalue weighted by atomic mass is 32.1. The smallest absolute Gasteiger partial charge is 0.316 e. The van der Waals surface area contributed by atoms with Gasteiger partial charge in [0, 0.05) is 27.2 Å². The van der Waals surface area contributed by atoms with E-state index in [9.17, 15) is 4.79 Å². The van der Waals surface area contributed by atoms with E-state index in [1.165, 1.54) is 4.90 Å². The maximum atomic E-state index is 11.2. The predicted molar refractivity (Wildman–Crippen MR) is 75.7 cm³/mol. The first-order chi connectivity index (χ1) is 8.50. The first-order valence-electron chi connectivity index (χ1n) is 5.45. The molecule has 0 unspecified atom stereocenters. The molecule has 98 valence electrons. The van der Waals surface area contributed by atoms with Crippen LogP contribution in [0, 0.1) is 0 Å². The van der Waals surface area contributed by atoms with Gasteiger partial charge in [0.05, 0.1) is 17.6 Å². The maximum absolute atomic E-state index is 11.2. The molecule has 0 aliphatic heterocycles. The van der Waals surface area contributed by atoms with E-state index in [0.29, 0.717) is 18.8 Å². The second-order valence-electron chi connectivity index (χ2n) is 3.85. The highest BCUT2D eigenvalue weighted by molar-refractivity contribution is 7.80. The number of hydrogen-bond donors (Lipinski definition) is 3. The molecule has 1 heterocycles. The summed E-state index contributed by atoms with van der Waals surface area (Å²) in [6, 6.07) is 3.48. The first kappa shape index (κ1) is 14.2. The van der Waals surface area contributed by atoms with E-state index < -0.39 is 0 Å². The minimum absolute atomic E-state index is 0.112. The van der Waals surface area contributed by atoms with E-state index in [-0.39, 0.29) is 11.0 Å². The van der Waals surface area contributed by atoms with Gasteiger partial charge in [-0.1, -0.05) is 12.2 Å². The van der Waals surface area contributed by atoms with E-state index in [0.717, 1.165) is 5.69 Å². The summed E-state index contributed by atoms with van der Waals surface area (Å²) < 4.78 is 0. The Morgan fingerprint density at radius 1 is 1.44 bits per heavy atom. The van der Waals surface area contributed by atoms with Crippen molar-refractivity contribution in [3.8, 4) is 0 Å². The molecule has 0 aromatic carbocycles. The van der Waals surface area contributed by atoms with E-state index in [4.69, 9.17) is 18.0 Å². The van der Waals surface area contributed by atoms with Crippen LogP contribution in [0.1, 0.15) is 5.69 Å². The molecule has 1 rings (SSSR count). The van der Waals surface area contributed by atoms with Crippen molar-refractivity contribution in [2.45, 2.75) is 0 Å². The Labute approximate surface area is 112 Å². The summed E-state index contributed by atoms with van der Waals surface area (Å²) in [6.45, 7) is 1.15. The number of aromatic nitrogens is 1. The average Bonchev–Trinajstić information content (AvgIpc) is 2.34. The van der Waals surface area contributed by atoms with Crippen molar-refractivity contribution in [3.63, 3.8) is 0 Å². The topological polar surface area (TPSA) is 83.3 Å². The van der Waals surface area contributed by atoms with Gasteiger partial charge in [0.15, 0.2) is 0 Å². The van der Waals surface area contributed by atoms with Crippen LogP contribution in [0.5, 0.6) is 0 Å². The average molecular weight is 267 g/mol. The molecule has 1 aromatic rings. The fourth-order valence-electron chi connectivity index (χ4n) is 1.18. The Bertz CT molecular complexity index is 418. The Kier molecular flexibility index (Phi) is 5.31. The molecule has 2 amide bonds. The maximum Gasteiger partial charge on any atom is 0.316 e. The largest absolute Gasteiger partial charge is 0.388 e. The normalized spacial score (nSPS) is 9.67. The third-order valence-corrected chi connectivity index (χ3v) is 2.36. The van der Waals surface area contributed by atoms with Gasteiger partial charge in [0.25, 0.3) is 0 Å². The van der Waals surface area contributed by atoms with Crippen molar-refractivity contribution in [2.24, 2.45) is 5.73 Å². The third-order valence-electron chi connectivity index (χ3n) is 2.15. The van der Waals surface area contributed by atoms with E-state index >= 15 is 0 Å². The zero-order chi connectivity index (χ0) is 13.5. The van der Waals surface area contributed by atoms with Crippen LogP contribution in [0.3, 0.4) is 0 Å². The number of anilines is 1. The summed E-state index contributed by atoms with van der Waals surface area (Å²) in [4.78, 5) is 17.1. The lowest BCUT2D eigenvalue weighted by Crippen LogP contribution is -2.37. The van der Waals surface area contributed by atoms with Crippen molar-refractivity contribution in [1.82, 2.24) is 15.2 Å². The van der Waals surface area contributed by atoms with Crippen LogP contribution in [-0.4, -0.2) is 48.1 Å². The van der Waals surface area contributed by atoms with Gasteiger partial charge in [-0.2, -0.15) is 0 Å². The number of pyridine rings is 1. The molecule has 1 aromatic heterocycles. The van der Waals surface area contributed by atoms with Gasteiger partial charge in [0.1, 0.15) is 4.99 Å². The number of nitrogens with one attached hydrogen (secondary N) is 2. The monoisotopic (exact) mass is 267 g/mol. The molecule has 6 nitrogen and oxygen atoms in total. The molecule has 0 aliphatic rings. The second kappa shape index (κ2) is 6.75. The number of nitrogens with zero attached hydrogens (tertiary/aromatic N) is 2. The summed E-state index contributed by atoms with van der Waals surface area (Å²) in [5.74, 6) is 0. The second-order valence-corrected chi connectivity index (χ2v) is 4.29. The van der Waals surface area contributed by atoms with Crippen LogP contribution in [0.4, 0.5) is 10.5 Å². The molecule has 4 N–H and O–H groups in total. The number of hydrogen-bond acceptors (Lipinski definition) is 4. The molecule has 0 saturated heterocycles. The lowest BCUT2D eigenvalue weighted by molar-refractivity contribution is 0.218. The third kappa shape index (κ3) is 4.54. The van der Waals surface area contributed by atoms with Gasteiger partial charge < -0.3 is 21.3 Å². The van der Waals surface area contributed by atoms with Crippen molar-refractivity contribution in [1.29, 1.82) is 0 Å². The molecule has 0 fully saturated rings. The Hall–Kier alpha value is -1.89. The zero-order valence-electron chi connectivity index (χ0n) is 10.4. The van der Waals surface area contributed by atoms with Crippen LogP contribution in [0.25, 0.3) is 0 Å². The van der Waals surface area contributed by atoms with Crippen LogP contribution in [-0.2, 0) is 0 Å². The zero-order valence-corrected chi connectivity index (χ0v) is 11.3. The van der Waals surface area contributed by atoms with Gasteiger partial charge in [-0.15, -0.1) is 0 Å². The van der Waals surface area contributed by atoms with Crippen LogP contribution in [0.15, 0.2) is 18.3 Å². The van der Waals surface area contributed by atoms with Gasteiger partial charge in [-0.25, -0.2) is 4.79 Å². The quantitative estimate of drug-likeness (QED) is 0.531. The molecule has 0 atom stereocenters. The van der Waals surface area contributed by atoms with Gasteiger partial charge >= 0.3 is 6.03 Å². The lowest BCUT2D eigenvalue weighted by atomic mass is 10.3. The molecule has 18 heavy (non-hydrogen) atoms. The van der Waals surface area contributed by atoms with Crippen molar-refractivity contribution in [2.75, 3.05) is 32.5 Å². The number of rotatable bonds is 5. The Morgan fingerprint density at radius 3 is 2.67 bits per heavy atom. The summed E-state index contributed by atoms with van der Waals surface area (Å²) in [5.41, 5.74) is 6.89. The minimum atomic E-state index is -0.112. The summed E-state index contributed by atoms with van der Waals surface area (Å²) in [7, 11) is 3.39. The number of nitrogens with two attached hydrogens (primary N) is 1. The van der Waals surface area contributed by atoms with Gasteiger partial charge in [0.2, 0.25) is 0 Å². The predicted octanol–water partition coefficient (Wildman–Crippen LogP) is 0.399. The molecule has 0 saturated carbocycles. The molecule has 0 spiro atoms. The van der Waals surface area contributed by atoms with Gasteiger partial charge in [-0.3, -0.25) is 4.98 Å². The van der Waals surface area contributed by atoms with Gasteiger partial charge in [-0.05, 0) is 12.1 Å². The molecule has 0 aliphatic carbocycles. The lowest BCUT2D eigenvalue weighted by Gasteiger charge is -2.12. The molecular formula is C11H17N5OS. The Morgan fingerprint density at radius 2 is 2.17 bits per heavy atom. The summed E-state index contributed by atoms with van der Waals surface area (Å²) in [5, 5.41) is 5.87.